The molecule has 1 N–H and O–H groups in total. The zero-order valence-electron chi connectivity index (χ0n) is 12.1. The molecule has 0 saturated carbocycles. The van der Waals surface area contributed by atoms with Crippen molar-refractivity contribution in [3.05, 3.63) is 75.3 Å². The molecule has 0 fully saturated rings. The Hall–Kier alpha value is -2.66. The first-order chi connectivity index (χ1) is 11.1. The summed E-state index contributed by atoms with van der Waals surface area (Å²) in [5, 5.41) is 1.01. The summed E-state index contributed by atoms with van der Waals surface area (Å²) in [5.41, 5.74) is 1.00. The van der Waals surface area contributed by atoms with Gasteiger partial charge in [0.05, 0.1) is 17.3 Å². The Balaban J connectivity index is 1.70. The van der Waals surface area contributed by atoms with E-state index in [2.05, 4.69) is 9.97 Å². The lowest BCUT2D eigenvalue weighted by Crippen LogP contribution is -2.15. The van der Waals surface area contributed by atoms with Gasteiger partial charge in [-0.1, -0.05) is 41.9 Å². The first kappa shape index (κ1) is 15.2. The van der Waals surface area contributed by atoms with Gasteiger partial charge in [0, 0.05) is 5.02 Å². The van der Waals surface area contributed by atoms with Gasteiger partial charge in [-0.2, -0.15) is 0 Å². The number of hydrogen-bond acceptors (Lipinski definition) is 4. The highest BCUT2D eigenvalue weighted by Crippen LogP contribution is 2.16. The third-order valence-corrected chi connectivity index (χ3v) is 3.69. The van der Waals surface area contributed by atoms with Crippen molar-refractivity contribution in [2.45, 2.75) is 13.0 Å². The van der Waals surface area contributed by atoms with Crippen molar-refractivity contribution in [1.29, 1.82) is 0 Å². The molecule has 2 aromatic carbocycles. The van der Waals surface area contributed by atoms with E-state index in [-0.39, 0.29) is 18.6 Å². The maximum atomic E-state index is 11.9. The molecule has 0 spiro atoms. The first-order valence-electron chi connectivity index (χ1n) is 7.00. The highest BCUT2D eigenvalue weighted by atomic mass is 35.5. The zero-order valence-corrected chi connectivity index (χ0v) is 12.8. The Labute approximate surface area is 136 Å². The van der Waals surface area contributed by atoms with Gasteiger partial charge >= 0.3 is 5.97 Å². The van der Waals surface area contributed by atoms with Crippen LogP contribution in [-0.2, 0) is 22.6 Å². The number of fused-ring (bicyclic) bond motifs is 1. The number of rotatable bonds is 4. The summed E-state index contributed by atoms with van der Waals surface area (Å²) in [6, 6.07) is 14.1. The van der Waals surface area contributed by atoms with Crippen molar-refractivity contribution >= 4 is 28.5 Å². The third-order valence-electron chi connectivity index (χ3n) is 3.32. The van der Waals surface area contributed by atoms with Crippen LogP contribution in [0.4, 0.5) is 0 Å². The van der Waals surface area contributed by atoms with E-state index in [1.807, 2.05) is 0 Å². The van der Waals surface area contributed by atoms with E-state index in [0.717, 1.165) is 0 Å². The van der Waals surface area contributed by atoms with Gasteiger partial charge < -0.3 is 9.72 Å². The van der Waals surface area contributed by atoms with E-state index in [0.29, 0.717) is 27.3 Å². The van der Waals surface area contributed by atoms with Crippen LogP contribution in [0.5, 0.6) is 0 Å². The van der Waals surface area contributed by atoms with E-state index in [9.17, 15) is 9.59 Å². The molecule has 0 saturated heterocycles. The number of carbonyl (C=O) groups excluding carboxylic acids is 1. The van der Waals surface area contributed by atoms with Gasteiger partial charge in [0.2, 0.25) is 0 Å². The molecule has 5 nitrogen and oxygen atoms in total. The number of carbonyl (C=O) groups is 1. The van der Waals surface area contributed by atoms with Crippen molar-refractivity contribution in [2.75, 3.05) is 0 Å². The van der Waals surface area contributed by atoms with E-state index in [1.165, 1.54) is 0 Å². The molecule has 116 valence electrons. The van der Waals surface area contributed by atoms with Crippen LogP contribution in [0.2, 0.25) is 5.02 Å². The number of esters is 1. The van der Waals surface area contributed by atoms with Crippen LogP contribution in [-0.4, -0.2) is 15.9 Å². The van der Waals surface area contributed by atoms with Gasteiger partial charge in [-0.25, -0.2) is 4.98 Å². The summed E-state index contributed by atoms with van der Waals surface area (Å²) in [7, 11) is 0. The van der Waals surface area contributed by atoms with Crippen molar-refractivity contribution in [3.8, 4) is 0 Å². The number of H-pyrrole nitrogens is 1. The van der Waals surface area contributed by atoms with Crippen LogP contribution in [0.15, 0.2) is 53.3 Å². The Bertz CT molecular complexity index is 921. The number of aromatic amines is 1. The minimum absolute atomic E-state index is 0.0670. The second-order valence-corrected chi connectivity index (χ2v) is 5.37. The fourth-order valence-electron chi connectivity index (χ4n) is 2.20. The number of nitrogens with zero attached hydrogens (tertiary/aromatic N) is 1. The largest absolute Gasteiger partial charge is 0.457 e. The standard InChI is InChI=1S/C17H13ClN2O3/c18-13-7-3-1-5-11(13)9-16(21)23-10-15-19-14-8-4-2-6-12(14)17(22)20-15/h1-8H,9-10H2,(H,19,20,22). The van der Waals surface area contributed by atoms with Gasteiger partial charge in [-0.15, -0.1) is 0 Å². The molecule has 1 aromatic heterocycles. The molecule has 0 bridgehead atoms. The van der Waals surface area contributed by atoms with Crippen molar-refractivity contribution in [1.82, 2.24) is 9.97 Å². The molecular formula is C17H13ClN2O3. The zero-order chi connectivity index (χ0) is 16.2. The molecule has 0 radical (unpaired) electrons. The monoisotopic (exact) mass is 328 g/mol. The highest BCUT2D eigenvalue weighted by molar-refractivity contribution is 6.31. The fourth-order valence-corrected chi connectivity index (χ4v) is 2.40. The van der Waals surface area contributed by atoms with Crippen molar-refractivity contribution in [2.24, 2.45) is 0 Å². The lowest BCUT2D eigenvalue weighted by Gasteiger charge is -2.06. The summed E-state index contributed by atoms with van der Waals surface area (Å²) >= 11 is 6.00. The molecule has 3 aromatic rings. The first-order valence-corrected chi connectivity index (χ1v) is 7.38. The summed E-state index contributed by atoms with van der Waals surface area (Å²) in [4.78, 5) is 30.7. The predicted octanol–water partition coefficient (Wildman–Crippen LogP) is 2.86. The molecule has 3 rings (SSSR count). The normalized spacial score (nSPS) is 10.7. The maximum absolute atomic E-state index is 11.9. The van der Waals surface area contributed by atoms with Crippen LogP contribution < -0.4 is 5.56 Å². The second-order valence-electron chi connectivity index (χ2n) is 4.96. The quantitative estimate of drug-likeness (QED) is 0.747. The highest BCUT2D eigenvalue weighted by Gasteiger charge is 2.10. The number of para-hydroxylation sites is 1. The number of aromatic nitrogens is 2. The number of benzene rings is 2. The average Bonchev–Trinajstić information content (AvgIpc) is 2.55. The predicted molar refractivity (Wildman–Crippen MR) is 87.3 cm³/mol. The van der Waals surface area contributed by atoms with Gasteiger partial charge in [0.1, 0.15) is 12.4 Å². The van der Waals surface area contributed by atoms with Crippen molar-refractivity contribution in [3.63, 3.8) is 0 Å². The molecule has 0 unspecified atom stereocenters. The minimum Gasteiger partial charge on any atom is -0.457 e. The van der Waals surface area contributed by atoms with E-state index >= 15 is 0 Å². The number of ether oxygens (including phenoxy) is 1. The molecule has 0 aliphatic heterocycles. The molecule has 23 heavy (non-hydrogen) atoms. The molecule has 1 heterocycles. The third kappa shape index (κ3) is 3.57. The lowest BCUT2D eigenvalue weighted by atomic mass is 10.1. The van der Waals surface area contributed by atoms with Gasteiger partial charge in [-0.05, 0) is 23.8 Å². The molecule has 0 aliphatic carbocycles. The summed E-state index contributed by atoms with van der Waals surface area (Å²) < 4.78 is 5.16. The molecule has 0 atom stereocenters. The van der Waals surface area contributed by atoms with Gasteiger partial charge in [-0.3, -0.25) is 9.59 Å². The molecule has 6 heteroatoms. The molecule has 0 amide bonds. The Morgan fingerprint density at radius 1 is 1.13 bits per heavy atom. The summed E-state index contributed by atoms with van der Waals surface area (Å²) in [6.07, 6.45) is 0.0670. The Morgan fingerprint density at radius 2 is 1.87 bits per heavy atom. The van der Waals surface area contributed by atoms with E-state index in [1.54, 1.807) is 48.5 Å². The van der Waals surface area contributed by atoms with Crippen LogP contribution in [0.3, 0.4) is 0 Å². The van der Waals surface area contributed by atoms with E-state index < -0.39 is 5.97 Å². The SMILES string of the molecule is O=C(Cc1ccccc1Cl)OCc1nc2ccccc2c(=O)[nH]1. The van der Waals surface area contributed by atoms with E-state index in [4.69, 9.17) is 16.3 Å². The van der Waals surface area contributed by atoms with Crippen LogP contribution in [0.25, 0.3) is 10.9 Å². The van der Waals surface area contributed by atoms with Crippen LogP contribution in [0.1, 0.15) is 11.4 Å². The number of nitrogens with one attached hydrogen (secondary N) is 1. The van der Waals surface area contributed by atoms with Crippen LogP contribution >= 0.6 is 11.6 Å². The molecule has 0 aliphatic rings. The maximum Gasteiger partial charge on any atom is 0.310 e. The number of halogens is 1. The number of hydrogen-bond donors (Lipinski definition) is 1. The fraction of sp³-hybridized carbons (Fsp3) is 0.118. The average molecular weight is 329 g/mol. The topological polar surface area (TPSA) is 72.0 Å². The smallest absolute Gasteiger partial charge is 0.310 e. The second kappa shape index (κ2) is 6.62. The lowest BCUT2D eigenvalue weighted by molar-refractivity contribution is -0.144. The molecular weight excluding hydrogens is 316 g/mol. The summed E-state index contributed by atoms with van der Waals surface area (Å²) in [6.45, 7) is -0.0939. The van der Waals surface area contributed by atoms with Gasteiger partial charge in [0.15, 0.2) is 0 Å². The Morgan fingerprint density at radius 3 is 2.70 bits per heavy atom. The summed E-state index contributed by atoms with van der Waals surface area (Å²) in [5.74, 6) is -0.130. The van der Waals surface area contributed by atoms with Gasteiger partial charge in [0.25, 0.3) is 5.56 Å². The van der Waals surface area contributed by atoms with Crippen LogP contribution in [0, 0.1) is 0 Å². The minimum atomic E-state index is -0.436. The van der Waals surface area contributed by atoms with Crippen molar-refractivity contribution < 1.29 is 9.53 Å². The Kier molecular flexibility index (Phi) is 4.39.